The van der Waals surface area contributed by atoms with E-state index < -0.39 is 17.6 Å². The number of carbonyl (C=O) groups excluding carboxylic acids is 2. The normalized spacial score (nSPS) is 13.8. The number of benzene rings is 3. The van der Waals surface area contributed by atoms with Gasteiger partial charge >= 0.3 is 11.8 Å². The molecule has 1 fully saturated rings. The number of likely N-dealkylation sites (tertiary alicyclic amines) is 1. The van der Waals surface area contributed by atoms with Gasteiger partial charge in [0.05, 0.1) is 19.2 Å². The molecule has 1 aromatic heterocycles. The van der Waals surface area contributed by atoms with E-state index in [1.807, 2.05) is 30.3 Å². The quantitative estimate of drug-likeness (QED) is 0.171. The topological polar surface area (TPSA) is 102 Å². The molecule has 0 bridgehead atoms. The average molecular weight is 601 g/mol. The van der Waals surface area contributed by atoms with Crippen molar-refractivity contribution in [2.75, 3.05) is 45.7 Å². The van der Waals surface area contributed by atoms with E-state index in [1.54, 1.807) is 31.5 Å². The summed E-state index contributed by atoms with van der Waals surface area (Å²) in [6.45, 7) is 3.05. The number of aromatic nitrogens is 1. The number of nitrogens with one attached hydrogen (secondary N) is 2. The van der Waals surface area contributed by atoms with E-state index in [-0.39, 0.29) is 11.4 Å². The number of amides is 2. The van der Waals surface area contributed by atoms with Gasteiger partial charge in [-0.1, -0.05) is 30.3 Å². The SMILES string of the molecule is COc1cc2c(Oc3ccc(NC(=O)C(=O)NCCCc4ccccc4)cc3F)ccnc2cc1OCC1CCN(C)CC1. The number of rotatable bonds is 11. The number of halogens is 1. The number of carbonyl (C=O) groups is 2. The van der Waals surface area contributed by atoms with Gasteiger partial charge in [0.1, 0.15) is 5.75 Å². The van der Waals surface area contributed by atoms with Gasteiger partial charge in [0.25, 0.3) is 0 Å². The highest BCUT2D eigenvalue weighted by atomic mass is 19.1. The average Bonchev–Trinajstić information content (AvgIpc) is 3.04. The molecule has 0 atom stereocenters. The van der Waals surface area contributed by atoms with E-state index in [2.05, 4.69) is 27.6 Å². The number of piperidine rings is 1. The van der Waals surface area contributed by atoms with Crippen LogP contribution in [0.5, 0.6) is 23.0 Å². The molecule has 2 N–H and O–H groups in total. The van der Waals surface area contributed by atoms with Crippen molar-refractivity contribution >= 4 is 28.4 Å². The third-order valence-electron chi connectivity index (χ3n) is 7.69. The maximum Gasteiger partial charge on any atom is 0.313 e. The number of hydrogen-bond donors (Lipinski definition) is 2. The second kappa shape index (κ2) is 14.7. The number of pyridine rings is 1. The van der Waals surface area contributed by atoms with Crippen molar-refractivity contribution in [3.8, 4) is 23.0 Å². The summed E-state index contributed by atoms with van der Waals surface area (Å²) in [5.41, 5.74) is 1.90. The van der Waals surface area contributed by atoms with Gasteiger partial charge in [0.2, 0.25) is 0 Å². The summed E-state index contributed by atoms with van der Waals surface area (Å²) in [5.74, 6) is -0.451. The monoisotopic (exact) mass is 600 g/mol. The van der Waals surface area contributed by atoms with Crippen LogP contribution in [0.3, 0.4) is 0 Å². The Balaban J connectivity index is 1.19. The third-order valence-corrected chi connectivity index (χ3v) is 7.69. The highest BCUT2D eigenvalue weighted by Gasteiger charge is 2.20. The predicted octanol–water partition coefficient (Wildman–Crippen LogP) is 5.58. The molecule has 44 heavy (non-hydrogen) atoms. The van der Waals surface area contributed by atoms with Crippen LogP contribution >= 0.6 is 0 Å². The summed E-state index contributed by atoms with van der Waals surface area (Å²) < 4.78 is 32.7. The molecule has 1 aliphatic heterocycles. The molecule has 9 nitrogen and oxygen atoms in total. The van der Waals surface area contributed by atoms with Crippen LogP contribution in [0.15, 0.2) is 72.9 Å². The fourth-order valence-electron chi connectivity index (χ4n) is 5.11. The van der Waals surface area contributed by atoms with E-state index >= 15 is 4.39 Å². The van der Waals surface area contributed by atoms with Crippen molar-refractivity contribution in [2.24, 2.45) is 5.92 Å². The predicted molar refractivity (Wildman–Crippen MR) is 167 cm³/mol. The Hall–Kier alpha value is -4.70. The second-order valence-electron chi connectivity index (χ2n) is 10.9. The maximum absolute atomic E-state index is 15.1. The number of aryl methyl sites for hydroxylation is 1. The van der Waals surface area contributed by atoms with Crippen molar-refractivity contribution in [2.45, 2.75) is 25.7 Å². The Morgan fingerprint density at radius 3 is 2.50 bits per heavy atom. The van der Waals surface area contributed by atoms with Crippen LogP contribution in [0.25, 0.3) is 10.9 Å². The highest BCUT2D eigenvalue weighted by Crippen LogP contribution is 2.38. The first kappa shape index (κ1) is 30.7. The molecule has 0 radical (unpaired) electrons. The van der Waals surface area contributed by atoms with Gasteiger partial charge in [-0.15, -0.1) is 0 Å². The summed E-state index contributed by atoms with van der Waals surface area (Å²) in [7, 11) is 3.70. The lowest BCUT2D eigenvalue weighted by molar-refractivity contribution is -0.136. The van der Waals surface area contributed by atoms with E-state index in [0.717, 1.165) is 44.0 Å². The van der Waals surface area contributed by atoms with Gasteiger partial charge in [-0.25, -0.2) is 4.39 Å². The Morgan fingerprint density at radius 2 is 1.75 bits per heavy atom. The molecule has 3 aromatic carbocycles. The summed E-state index contributed by atoms with van der Waals surface area (Å²) >= 11 is 0. The zero-order valence-electron chi connectivity index (χ0n) is 25.0. The molecule has 0 unspecified atom stereocenters. The van der Waals surface area contributed by atoms with Crippen LogP contribution in [0.2, 0.25) is 0 Å². The van der Waals surface area contributed by atoms with Crippen molar-refractivity contribution < 1.29 is 28.2 Å². The number of ether oxygens (including phenoxy) is 3. The maximum atomic E-state index is 15.1. The number of hydrogen-bond acceptors (Lipinski definition) is 7. The molecule has 10 heteroatoms. The Morgan fingerprint density at radius 1 is 0.955 bits per heavy atom. The molecule has 230 valence electrons. The zero-order valence-corrected chi connectivity index (χ0v) is 25.0. The molecule has 5 rings (SSSR count). The molecule has 1 saturated heterocycles. The first-order valence-corrected chi connectivity index (χ1v) is 14.8. The fourth-order valence-corrected chi connectivity index (χ4v) is 5.11. The van der Waals surface area contributed by atoms with Crippen LogP contribution in [0.4, 0.5) is 10.1 Å². The molecule has 2 amide bonds. The number of methoxy groups -OCH3 is 1. The van der Waals surface area contributed by atoms with Crippen LogP contribution in [0.1, 0.15) is 24.8 Å². The largest absolute Gasteiger partial charge is 0.493 e. The molecule has 0 spiro atoms. The van der Waals surface area contributed by atoms with Crippen LogP contribution < -0.4 is 24.8 Å². The van der Waals surface area contributed by atoms with Gasteiger partial charge in [-0.05, 0) is 81.6 Å². The summed E-state index contributed by atoms with van der Waals surface area (Å²) in [5, 5.41) is 5.65. The number of fused-ring (bicyclic) bond motifs is 1. The first-order valence-electron chi connectivity index (χ1n) is 14.8. The van der Waals surface area contributed by atoms with Gasteiger partial charge in [0.15, 0.2) is 23.1 Å². The van der Waals surface area contributed by atoms with Crippen LogP contribution in [-0.4, -0.2) is 62.1 Å². The van der Waals surface area contributed by atoms with Crippen LogP contribution in [-0.2, 0) is 16.0 Å². The van der Waals surface area contributed by atoms with Crippen molar-refractivity contribution in [3.63, 3.8) is 0 Å². The lowest BCUT2D eigenvalue weighted by Crippen LogP contribution is -2.36. The Bertz CT molecular complexity index is 1590. The lowest BCUT2D eigenvalue weighted by Gasteiger charge is -2.28. The van der Waals surface area contributed by atoms with Gasteiger partial charge < -0.3 is 29.7 Å². The lowest BCUT2D eigenvalue weighted by atomic mass is 9.98. The highest BCUT2D eigenvalue weighted by molar-refractivity contribution is 6.39. The Kier molecular flexibility index (Phi) is 10.2. The smallest absolute Gasteiger partial charge is 0.313 e. The van der Waals surface area contributed by atoms with Gasteiger partial charge in [-0.3, -0.25) is 14.6 Å². The van der Waals surface area contributed by atoms with E-state index in [1.165, 1.54) is 12.1 Å². The molecule has 0 aliphatic carbocycles. The third kappa shape index (κ3) is 8.02. The molecule has 0 saturated carbocycles. The number of anilines is 1. The van der Waals surface area contributed by atoms with E-state index in [9.17, 15) is 9.59 Å². The van der Waals surface area contributed by atoms with Gasteiger partial charge in [0, 0.05) is 35.9 Å². The fraction of sp³-hybridized carbons (Fsp3) is 0.324. The summed E-state index contributed by atoms with van der Waals surface area (Å²) in [6, 6.07) is 19.0. The standard InChI is InChI=1S/C34H37FN4O5/c1-39-17-13-24(14-18-39)22-43-32-21-28-26(20-31(32)42-2)29(12-16-36-28)44-30-11-10-25(19-27(30)35)38-34(41)33(40)37-15-6-9-23-7-4-3-5-8-23/h3-5,7-8,10-12,16,19-21,24H,6,9,13-15,17-18,22H2,1-2H3,(H,37,40)(H,38,41). The summed E-state index contributed by atoms with van der Waals surface area (Å²) in [6.07, 6.45) is 5.21. The molecule has 4 aromatic rings. The van der Waals surface area contributed by atoms with Crippen molar-refractivity contribution in [3.05, 3.63) is 84.3 Å². The molecule has 1 aliphatic rings. The molecule has 2 heterocycles. The second-order valence-corrected chi connectivity index (χ2v) is 10.9. The van der Waals surface area contributed by atoms with Crippen molar-refractivity contribution in [1.29, 1.82) is 0 Å². The minimum absolute atomic E-state index is 0.0533. The molecular formula is C34H37FN4O5. The van der Waals surface area contributed by atoms with Crippen LogP contribution in [0, 0.1) is 11.7 Å². The van der Waals surface area contributed by atoms with E-state index in [0.29, 0.717) is 53.6 Å². The van der Waals surface area contributed by atoms with Gasteiger partial charge in [-0.2, -0.15) is 0 Å². The first-order chi connectivity index (χ1) is 21.4. The minimum Gasteiger partial charge on any atom is -0.493 e. The molecular weight excluding hydrogens is 563 g/mol. The Labute approximate surface area is 256 Å². The minimum atomic E-state index is -0.876. The zero-order chi connectivity index (χ0) is 30.9. The number of nitrogens with zero attached hydrogens (tertiary/aromatic N) is 2. The van der Waals surface area contributed by atoms with Crippen molar-refractivity contribution in [1.82, 2.24) is 15.2 Å². The van der Waals surface area contributed by atoms with E-state index in [4.69, 9.17) is 14.2 Å². The summed E-state index contributed by atoms with van der Waals surface area (Å²) in [4.78, 5) is 31.3.